The lowest BCUT2D eigenvalue weighted by Gasteiger charge is -2.10. The number of rotatable bonds is 5. The van der Waals surface area contributed by atoms with Crippen LogP contribution >= 0.6 is 11.8 Å². The Morgan fingerprint density at radius 3 is 2.68 bits per heavy atom. The van der Waals surface area contributed by atoms with Crippen molar-refractivity contribution in [1.82, 2.24) is 4.90 Å². The number of hydrogen-bond acceptors (Lipinski definition) is 3. The number of nitrogens with zero attached hydrogens (tertiary/aromatic N) is 1. The number of thioether (sulfide) groups is 1. The van der Waals surface area contributed by atoms with E-state index in [2.05, 4.69) is 6.58 Å². The Bertz CT molecular complexity index is 495. The van der Waals surface area contributed by atoms with Gasteiger partial charge in [-0.3, -0.25) is 9.59 Å². The van der Waals surface area contributed by atoms with Gasteiger partial charge >= 0.3 is 0 Å². The number of ketones is 1. The Labute approximate surface area is 117 Å². The van der Waals surface area contributed by atoms with Gasteiger partial charge in [0, 0.05) is 17.9 Å². The van der Waals surface area contributed by atoms with Gasteiger partial charge in [0.15, 0.2) is 0 Å². The number of carbonyl (C=O) groups is 2. The van der Waals surface area contributed by atoms with Gasteiger partial charge in [0.25, 0.3) is 0 Å². The van der Waals surface area contributed by atoms with Crippen molar-refractivity contribution < 1.29 is 9.59 Å². The summed E-state index contributed by atoms with van der Waals surface area (Å²) < 4.78 is 0. The summed E-state index contributed by atoms with van der Waals surface area (Å²) in [6, 6.07) is 7.91. The highest BCUT2D eigenvalue weighted by molar-refractivity contribution is 7.98. The molecule has 100 valence electrons. The third kappa shape index (κ3) is 3.07. The maximum atomic E-state index is 12.2. The number of hydrogen-bond donors (Lipinski definition) is 0. The molecule has 1 amide bonds. The molecule has 0 spiro atoms. The second kappa shape index (κ2) is 6.06. The van der Waals surface area contributed by atoms with Gasteiger partial charge in [0.2, 0.25) is 5.91 Å². The summed E-state index contributed by atoms with van der Waals surface area (Å²) in [5.74, 6) is -0.592. The number of amides is 1. The lowest BCUT2D eigenvalue weighted by molar-refractivity contribution is -0.135. The van der Waals surface area contributed by atoms with Gasteiger partial charge in [-0.2, -0.15) is 0 Å². The van der Waals surface area contributed by atoms with Crippen molar-refractivity contribution in [3.05, 3.63) is 42.6 Å². The first-order valence-corrected chi connectivity index (χ1v) is 7.47. The molecule has 1 unspecified atom stereocenters. The molecule has 1 aliphatic rings. The quantitative estimate of drug-likeness (QED) is 0.612. The van der Waals surface area contributed by atoms with Crippen molar-refractivity contribution in [2.75, 3.05) is 12.8 Å². The van der Waals surface area contributed by atoms with Gasteiger partial charge in [-0.25, -0.2) is 0 Å². The molecule has 3 nitrogen and oxygen atoms in total. The van der Waals surface area contributed by atoms with Crippen LogP contribution in [0.15, 0.2) is 41.9 Å². The van der Waals surface area contributed by atoms with Gasteiger partial charge in [-0.15, -0.1) is 11.8 Å². The summed E-state index contributed by atoms with van der Waals surface area (Å²) in [7, 11) is 0. The maximum Gasteiger partial charge on any atom is 0.237 e. The fourth-order valence-corrected chi connectivity index (χ4v) is 2.66. The summed E-state index contributed by atoms with van der Waals surface area (Å²) in [4.78, 5) is 26.8. The average molecular weight is 275 g/mol. The average Bonchev–Trinajstić information content (AvgIpc) is 2.80. The molecule has 1 saturated heterocycles. The van der Waals surface area contributed by atoms with Crippen molar-refractivity contribution in [1.29, 1.82) is 0 Å². The van der Waals surface area contributed by atoms with Gasteiger partial charge < -0.3 is 4.90 Å². The molecule has 0 saturated carbocycles. The van der Waals surface area contributed by atoms with Crippen molar-refractivity contribution in [3.63, 3.8) is 0 Å². The minimum Gasteiger partial charge on any atom is -0.319 e. The predicted octanol–water partition coefficient (Wildman–Crippen LogP) is 2.51. The molecule has 1 aliphatic heterocycles. The SMILES string of the molecule is C=CN1CCC(C(=O)Cc2ccc(SC)cc2)C1=O. The summed E-state index contributed by atoms with van der Waals surface area (Å²) >= 11 is 1.67. The summed E-state index contributed by atoms with van der Waals surface area (Å²) in [5, 5.41) is 0. The van der Waals surface area contributed by atoms with E-state index in [-0.39, 0.29) is 11.7 Å². The Balaban J connectivity index is 2.01. The van der Waals surface area contributed by atoms with E-state index in [1.807, 2.05) is 30.5 Å². The summed E-state index contributed by atoms with van der Waals surface area (Å²) in [6.45, 7) is 4.18. The lowest BCUT2D eigenvalue weighted by atomic mass is 9.97. The summed E-state index contributed by atoms with van der Waals surface area (Å²) in [6.07, 6.45) is 4.45. The Morgan fingerprint density at radius 1 is 1.47 bits per heavy atom. The molecule has 19 heavy (non-hydrogen) atoms. The van der Waals surface area contributed by atoms with E-state index in [4.69, 9.17) is 0 Å². The van der Waals surface area contributed by atoms with Crippen LogP contribution in [0, 0.1) is 5.92 Å². The smallest absolute Gasteiger partial charge is 0.237 e. The molecule has 0 N–H and O–H groups in total. The number of benzene rings is 1. The molecule has 1 heterocycles. The van der Waals surface area contributed by atoms with E-state index in [0.717, 1.165) is 5.56 Å². The van der Waals surface area contributed by atoms with E-state index in [9.17, 15) is 9.59 Å². The second-order valence-electron chi connectivity index (χ2n) is 4.55. The van der Waals surface area contributed by atoms with Crippen LogP contribution < -0.4 is 0 Å². The molecule has 1 fully saturated rings. The largest absolute Gasteiger partial charge is 0.319 e. The van der Waals surface area contributed by atoms with Crippen LogP contribution in [0.4, 0.5) is 0 Å². The van der Waals surface area contributed by atoms with Crippen molar-refractivity contribution in [2.45, 2.75) is 17.7 Å². The van der Waals surface area contributed by atoms with Gasteiger partial charge in [-0.05, 0) is 36.6 Å². The predicted molar refractivity (Wildman–Crippen MR) is 77.0 cm³/mol. The zero-order chi connectivity index (χ0) is 13.8. The van der Waals surface area contributed by atoms with Crippen LogP contribution in [0.3, 0.4) is 0 Å². The molecular formula is C15H17NO2S. The molecule has 0 bridgehead atoms. The highest BCUT2D eigenvalue weighted by Crippen LogP contribution is 2.21. The normalized spacial score (nSPS) is 18.7. The molecule has 1 aromatic carbocycles. The van der Waals surface area contributed by atoms with E-state index in [0.29, 0.717) is 19.4 Å². The highest BCUT2D eigenvalue weighted by atomic mass is 32.2. The first-order valence-electron chi connectivity index (χ1n) is 6.24. The van der Waals surface area contributed by atoms with Gasteiger partial charge in [-0.1, -0.05) is 18.7 Å². The molecule has 0 radical (unpaired) electrons. The minimum atomic E-state index is -0.488. The van der Waals surface area contributed by atoms with Crippen molar-refractivity contribution in [2.24, 2.45) is 5.92 Å². The van der Waals surface area contributed by atoms with Crippen LogP contribution in [0.25, 0.3) is 0 Å². The zero-order valence-electron chi connectivity index (χ0n) is 11.0. The van der Waals surface area contributed by atoms with Gasteiger partial charge in [0.1, 0.15) is 5.78 Å². The van der Waals surface area contributed by atoms with Crippen molar-refractivity contribution in [3.8, 4) is 0 Å². The van der Waals surface area contributed by atoms with E-state index < -0.39 is 5.92 Å². The standard InChI is InChI=1S/C15H17NO2S/c1-3-16-9-8-13(15(16)18)14(17)10-11-4-6-12(19-2)7-5-11/h3-7,13H,1,8-10H2,2H3. The molecule has 0 aliphatic carbocycles. The number of likely N-dealkylation sites (tertiary alicyclic amines) is 1. The minimum absolute atomic E-state index is 0.00579. The third-order valence-corrected chi connectivity index (χ3v) is 4.13. The number of carbonyl (C=O) groups excluding carboxylic acids is 2. The molecule has 1 aromatic rings. The Hall–Kier alpha value is -1.55. The van der Waals surface area contributed by atoms with Crippen LogP contribution in [0.1, 0.15) is 12.0 Å². The third-order valence-electron chi connectivity index (χ3n) is 3.39. The van der Waals surface area contributed by atoms with E-state index in [1.54, 1.807) is 11.8 Å². The molecule has 1 atom stereocenters. The zero-order valence-corrected chi connectivity index (χ0v) is 11.8. The molecule has 4 heteroatoms. The fourth-order valence-electron chi connectivity index (χ4n) is 2.25. The Kier molecular flexibility index (Phi) is 4.43. The highest BCUT2D eigenvalue weighted by Gasteiger charge is 2.35. The molecule has 0 aromatic heterocycles. The van der Waals surface area contributed by atoms with E-state index in [1.165, 1.54) is 16.0 Å². The monoisotopic (exact) mass is 275 g/mol. The van der Waals surface area contributed by atoms with E-state index >= 15 is 0 Å². The second-order valence-corrected chi connectivity index (χ2v) is 5.43. The first-order chi connectivity index (χ1) is 9.15. The maximum absolute atomic E-state index is 12.2. The van der Waals surface area contributed by atoms with Crippen LogP contribution in [0.5, 0.6) is 0 Å². The van der Waals surface area contributed by atoms with Crippen LogP contribution in [-0.2, 0) is 16.0 Å². The van der Waals surface area contributed by atoms with Crippen LogP contribution in [-0.4, -0.2) is 29.4 Å². The van der Waals surface area contributed by atoms with Crippen molar-refractivity contribution >= 4 is 23.5 Å². The van der Waals surface area contributed by atoms with Crippen LogP contribution in [0.2, 0.25) is 0 Å². The fraction of sp³-hybridized carbons (Fsp3) is 0.333. The van der Waals surface area contributed by atoms with Gasteiger partial charge in [0.05, 0.1) is 5.92 Å². The topological polar surface area (TPSA) is 37.4 Å². The first kappa shape index (κ1) is 13.9. The lowest BCUT2D eigenvalue weighted by Crippen LogP contribution is -2.27. The number of Topliss-reactive ketones (excluding diaryl/α,β-unsaturated/α-hetero) is 1. The molecule has 2 rings (SSSR count). The summed E-state index contributed by atoms with van der Waals surface area (Å²) in [5.41, 5.74) is 0.965. The Morgan fingerprint density at radius 2 is 2.16 bits per heavy atom. The molecular weight excluding hydrogens is 258 g/mol.